The van der Waals surface area contributed by atoms with Crippen LogP contribution < -0.4 is 14.8 Å². The first-order chi connectivity index (χ1) is 14.7. The average molecular weight is 399 g/mol. The second-order valence-electron chi connectivity index (χ2n) is 6.97. The monoisotopic (exact) mass is 399 g/mol. The number of nitrogens with one attached hydrogen (secondary N) is 1. The lowest BCUT2D eigenvalue weighted by Crippen LogP contribution is -2.13. The Morgan fingerprint density at radius 1 is 0.833 bits per heavy atom. The largest absolute Gasteiger partial charge is 0.493 e. The molecule has 0 amide bonds. The number of hydrogen-bond donors (Lipinski definition) is 1. The van der Waals surface area contributed by atoms with Crippen molar-refractivity contribution in [2.45, 2.75) is 19.4 Å². The summed E-state index contributed by atoms with van der Waals surface area (Å²) in [6, 6.07) is 24.0. The van der Waals surface area contributed by atoms with Crippen molar-refractivity contribution in [1.29, 1.82) is 0 Å². The summed E-state index contributed by atoms with van der Waals surface area (Å²) in [5.41, 5.74) is 2.92. The molecule has 0 radical (unpaired) electrons. The van der Waals surface area contributed by atoms with Gasteiger partial charge in [0.1, 0.15) is 5.82 Å². The van der Waals surface area contributed by atoms with E-state index >= 15 is 0 Å². The van der Waals surface area contributed by atoms with E-state index in [0.717, 1.165) is 40.0 Å². The summed E-state index contributed by atoms with van der Waals surface area (Å²) in [4.78, 5) is 9.67. The van der Waals surface area contributed by atoms with E-state index in [-0.39, 0.29) is 6.04 Å². The normalized spacial score (nSPS) is 11.8. The van der Waals surface area contributed by atoms with Crippen LogP contribution in [0.2, 0.25) is 0 Å². The van der Waals surface area contributed by atoms with Gasteiger partial charge in [0.2, 0.25) is 0 Å². The Morgan fingerprint density at radius 2 is 1.60 bits per heavy atom. The van der Waals surface area contributed by atoms with Crippen molar-refractivity contribution in [3.05, 3.63) is 78.4 Å². The highest BCUT2D eigenvalue weighted by atomic mass is 16.5. The van der Waals surface area contributed by atoms with E-state index in [0.29, 0.717) is 11.6 Å². The van der Waals surface area contributed by atoms with Gasteiger partial charge in [-0.25, -0.2) is 9.97 Å². The zero-order valence-electron chi connectivity index (χ0n) is 17.4. The number of ether oxygens (including phenoxy) is 2. The van der Waals surface area contributed by atoms with Crippen molar-refractivity contribution in [2.75, 3.05) is 19.5 Å². The lowest BCUT2D eigenvalue weighted by atomic mass is 10.0. The van der Waals surface area contributed by atoms with Crippen LogP contribution >= 0.6 is 0 Å². The van der Waals surface area contributed by atoms with Crippen molar-refractivity contribution >= 4 is 16.7 Å². The number of aromatic nitrogens is 2. The molecule has 1 heterocycles. The maximum absolute atomic E-state index is 5.67. The third-order valence-corrected chi connectivity index (χ3v) is 5.16. The Hall–Kier alpha value is -3.60. The molecule has 3 aromatic carbocycles. The molecule has 0 bridgehead atoms. The van der Waals surface area contributed by atoms with Crippen LogP contribution in [0.25, 0.3) is 22.3 Å². The maximum Gasteiger partial charge on any atom is 0.165 e. The molecule has 5 nitrogen and oxygen atoms in total. The predicted octanol–water partition coefficient (Wildman–Crippen LogP) is 5.88. The summed E-state index contributed by atoms with van der Waals surface area (Å²) in [6.07, 6.45) is 0.850. The Kier molecular flexibility index (Phi) is 5.80. The van der Waals surface area contributed by atoms with Gasteiger partial charge in [-0.1, -0.05) is 61.5 Å². The molecule has 152 valence electrons. The minimum atomic E-state index is -0.00280. The first-order valence-corrected chi connectivity index (χ1v) is 10.0. The van der Waals surface area contributed by atoms with Crippen LogP contribution in [0.4, 0.5) is 5.82 Å². The molecule has 0 fully saturated rings. The molecule has 0 aliphatic rings. The van der Waals surface area contributed by atoms with Gasteiger partial charge >= 0.3 is 0 Å². The lowest BCUT2D eigenvalue weighted by Gasteiger charge is -2.22. The van der Waals surface area contributed by atoms with Crippen molar-refractivity contribution in [1.82, 2.24) is 9.97 Å². The number of benzene rings is 3. The van der Waals surface area contributed by atoms with Crippen LogP contribution in [-0.4, -0.2) is 24.2 Å². The van der Waals surface area contributed by atoms with Crippen molar-refractivity contribution in [2.24, 2.45) is 0 Å². The zero-order chi connectivity index (χ0) is 20.9. The van der Waals surface area contributed by atoms with E-state index in [1.807, 2.05) is 66.7 Å². The first kappa shape index (κ1) is 19.7. The van der Waals surface area contributed by atoms with Crippen molar-refractivity contribution < 1.29 is 9.47 Å². The topological polar surface area (TPSA) is 56.3 Å². The molecule has 1 N–H and O–H groups in total. The molecule has 30 heavy (non-hydrogen) atoms. The Bertz CT molecular complexity index is 1150. The average Bonchev–Trinajstić information content (AvgIpc) is 2.82. The number of anilines is 1. The Morgan fingerprint density at radius 3 is 2.33 bits per heavy atom. The molecule has 4 rings (SSSR count). The third kappa shape index (κ3) is 3.79. The van der Waals surface area contributed by atoms with E-state index < -0.39 is 0 Å². The molecule has 1 aromatic heterocycles. The highest BCUT2D eigenvalue weighted by molar-refractivity contribution is 5.90. The fourth-order valence-corrected chi connectivity index (χ4v) is 3.65. The SMILES string of the molecule is CCC(Nc1nc(-c2ccccc2)nc2ccccc12)c1cccc(OC)c1OC. The van der Waals surface area contributed by atoms with E-state index in [2.05, 4.69) is 18.3 Å². The predicted molar refractivity (Wildman–Crippen MR) is 121 cm³/mol. The summed E-state index contributed by atoms with van der Waals surface area (Å²) in [5.74, 6) is 2.95. The molecule has 4 aromatic rings. The van der Waals surface area contributed by atoms with E-state index in [1.54, 1.807) is 14.2 Å². The molecular formula is C25H25N3O2. The first-order valence-electron chi connectivity index (χ1n) is 10.0. The van der Waals surface area contributed by atoms with Gasteiger partial charge in [0, 0.05) is 16.5 Å². The van der Waals surface area contributed by atoms with E-state index in [9.17, 15) is 0 Å². The van der Waals surface area contributed by atoms with Gasteiger partial charge in [0.25, 0.3) is 0 Å². The van der Waals surface area contributed by atoms with Crippen LogP contribution in [0.15, 0.2) is 72.8 Å². The Balaban J connectivity index is 1.81. The van der Waals surface area contributed by atoms with Crippen LogP contribution in [0.5, 0.6) is 11.5 Å². The van der Waals surface area contributed by atoms with Gasteiger partial charge < -0.3 is 14.8 Å². The number of para-hydroxylation sites is 2. The third-order valence-electron chi connectivity index (χ3n) is 5.16. The molecule has 0 aliphatic heterocycles. The lowest BCUT2D eigenvalue weighted by molar-refractivity contribution is 0.350. The molecule has 0 saturated heterocycles. The molecule has 5 heteroatoms. The molecule has 0 aliphatic carbocycles. The second-order valence-corrected chi connectivity index (χ2v) is 6.97. The number of rotatable bonds is 7. The molecule has 1 unspecified atom stereocenters. The molecule has 0 spiro atoms. The highest BCUT2D eigenvalue weighted by Gasteiger charge is 2.20. The summed E-state index contributed by atoms with van der Waals surface area (Å²) in [5, 5.41) is 4.62. The molecular weight excluding hydrogens is 374 g/mol. The number of fused-ring (bicyclic) bond motifs is 1. The van der Waals surface area contributed by atoms with Crippen molar-refractivity contribution in [3.63, 3.8) is 0 Å². The van der Waals surface area contributed by atoms with Crippen LogP contribution in [0.1, 0.15) is 24.9 Å². The Labute approximate surface area is 176 Å². The van der Waals surface area contributed by atoms with Gasteiger partial charge in [0.05, 0.1) is 25.8 Å². The maximum atomic E-state index is 5.67. The zero-order valence-corrected chi connectivity index (χ0v) is 17.4. The summed E-state index contributed by atoms with van der Waals surface area (Å²) < 4.78 is 11.2. The molecule has 0 saturated carbocycles. The number of methoxy groups -OCH3 is 2. The minimum Gasteiger partial charge on any atom is -0.493 e. The van der Waals surface area contributed by atoms with Gasteiger partial charge in [-0.15, -0.1) is 0 Å². The van der Waals surface area contributed by atoms with Gasteiger partial charge in [-0.05, 0) is 24.6 Å². The number of nitrogens with zero attached hydrogens (tertiary/aromatic N) is 2. The van der Waals surface area contributed by atoms with Gasteiger partial charge in [-0.3, -0.25) is 0 Å². The van der Waals surface area contributed by atoms with Crippen LogP contribution in [0.3, 0.4) is 0 Å². The fraction of sp³-hybridized carbons (Fsp3) is 0.200. The second kappa shape index (κ2) is 8.82. The quantitative estimate of drug-likeness (QED) is 0.421. The van der Waals surface area contributed by atoms with E-state index in [4.69, 9.17) is 19.4 Å². The van der Waals surface area contributed by atoms with Gasteiger partial charge in [0.15, 0.2) is 17.3 Å². The summed E-state index contributed by atoms with van der Waals surface area (Å²) in [7, 11) is 3.32. The summed E-state index contributed by atoms with van der Waals surface area (Å²) >= 11 is 0. The standard InChI is InChI=1S/C25H25N3O2/c1-4-20(18-14-10-16-22(29-2)23(18)30-3)26-25-19-13-8-9-15-21(19)27-24(28-25)17-11-6-5-7-12-17/h5-16,20H,4H2,1-3H3,(H,26,27,28). The number of hydrogen-bond acceptors (Lipinski definition) is 5. The molecule has 1 atom stereocenters. The fourth-order valence-electron chi connectivity index (χ4n) is 3.65. The van der Waals surface area contributed by atoms with Crippen LogP contribution in [-0.2, 0) is 0 Å². The smallest absolute Gasteiger partial charge is 0.165 e. The van der Waals surface area contributed by atoms with Crippen molar-refractivity contribution in [3.8, 4) is 22.9 Å². The minimum absolute atomic E-state index is 0.00280. The highest BCUT2D eigenvalue weighted by Crippen LogP contribution is 2.38. The van der Waals surface area contributed by atoms with E-state index in [1.165, 1.54) is 0 Å². The summed E-state index contributed by atoms with van der Waals surface area (Å²) in [6.45, 7) is 2.14. The van der Waals surface area contributed by atoms with Gasteiger partial charge in [-0.2, -0.15) is 0 Å². The van der Waals surface area contributed by atoms with Crippen LogP contribution in [0, 0.1) is 0 Å².